The maximum absolute atomic E-state index is 11.8. The second-order valence-electron chi connectivity index (χ2n) is 24.1. The summed E-state index contributed by atoms with van der Waals surface area (Å²) in [6, 6.07) is 3.78. The number of nitrogens with zero attached hydrogens (tertiary/aromatic N) is 5. The molecular weight excluding hydrogens is 937 g/mol. The van der Waals surface area contributed by atoms with Crippen molar-refractivity contribution in [2.45, 2.75) is 219 Å². The lowest BCUT2D eigenvalue weighted by molar-refractivity contribution is 0.0329. The van der Waals surface area contributed by atoms with Gasteiger partial charge in [-0.15, -0.1) is 6.58 Å². The molecular formula is C65H135F2N5O3. The fourth-order valence-corrected chi connectivity index (χ4v) is 3.93. The van der Waals surface area contributed by atoms with E-state index in [-0.39, 0.29) is 18.5 Å². The van der Waals surface area contributed by atoms with E-state index in [9.17, 15) is 8.78 Å². The molecule has 0 radical (unpaired) electrons. The average Bonchev–Trinajstić information content (AvgIpc) is 3.32. The highest BCUT2D eigenvalue weighted by molar-refractivity contribution is 5.15. The lowest BCUT2D eigenvalue weighted by Gasteiger charge is -2.27. The lowest BCUT2D eigenvalue weighted by atomic mass is 10.1. The van der Waals surface area contributed by atoms with Gasteiger partial charge in [0.15, 0.2) is 5.75 Å². The van der Waals surface area contributed by atoms with Gasteiger partial charge in [-0.2, -0.15) is 0 Å². The summed E-state index contributed by atoms with van der Waals surface area (Å²) in [4.78, 5) is 16.3. The van der Waals surface area contributed by atoms with Crippen LogP contribution in [0.1, 0.15) is 213 Å². The predicted molar refractivity (Wildman–Crippen MR) is 334 cm³/mol. The summed E-state index contributed by atoms with van der Waals surface area (Å²) in [5.41, 5.74) is 0. The van der Waals surface area contributed by atoms with Crippen molar-refractivity contribution >= 4 is 0 Å². The van der Waals surface area contributed by atoms with Gasteiger partial charge < -0.3 is 19.1 Å². The van der Waals surface area contributed by atoms with Crippen LogP contribution in [-0.2, 0) is 4.74 Å². The van der Waals surface area contributed by atoms with Crippen molar-refractivity contribution in [3.8, 4) is 11.5 Å². The van der Waals surface area contributed by atoms with Gasteiger partial charge >= 0.3 is 0 Å². The van der Waals surface area contributed by atoms with Gasteiger partial charge in [-0.1, -0.05) is 212 Å². The minimum atomic E-state index is -0.648. The van der Waals surface area contributed by atoms with Crippen molar-refractivity contribution in [1.29, 1.82) is 0 Å². The maximum Gasteiger partial charge on any atom is 0.155 e. The van der Waals surface area contributed by atoms with Gasteiger partial charge in [0.2, 0.25) is 0 Å². The number of rotatable bonds is 17. The molecule has 8 nitrogen and oxygen atoms in total. The van der Waals surface area contributed by atoms with Crippen molar-refractivity contribution in [2.75, 3.05) is 73.4 Å². The van der Waals surface area contributed by atoms with Crippen LogP contribution < -0.4 is 9.47 Å². The maximum atomic E-state index is 11.8. The third-order valence-corrected chi connectivity index (χ3v) is 8.99. The number of alkyl halides is 2. The van der Waals surface area contributed by atoms with Crippen molar-refractivity contribution < 1.29 is 23.0 Å². The Balaban J connectivity index is -0.000000112. The van der Waals surface area contributed by atoms with Crippen LogP contribution >= 0.6 is 0 Å². The van der Waals surface area contributed by atoms with Crippen LogP contribution in [0.25, 0.3) is 0 Å². The molecule has 2 aromatic rings. The summed E-state index contributed by atoms with van der Waals surface area (Å²) in [7, 11) is 4.19. The van der Waals surface area contributed by atoms with E-state index < -0.39 is 6.17 Å². The van der Waals surface area contributed by atoms with Crippen LogP contribution in [-0.4, -0.2) is 104 Å². The zero-order valence-corrected chi connectivity index (χ0v) is 55.7. The first-order valence-electron chi connectivity index (χ1n) is 29.4. The molecule has 0 aromatic carbocycles. The molecule has 1 fully saturated rings. The third-order valence-electron chi connectivity index (χ3n) is 8.99. The highest BCUT2D eigenvalue weighted by Gasteiger charge is 2.10. The Morgan fingerprint density at radius 1 is 0.613 bits per heavy atom. The fraction of sp³-hybridized carbons (Fsp3) is 0.831. The summed E-state index contributed by atoms with van der Waals surface area (Å²) in [5.74, 6) is 8.83. The Bertz CT molecular complexity index is 1190. The fourth-order valence-electron chi connectivity index (χ4n) is 3.93. The number of pyridine rings is 1. The largest absolute Gasteiger partial charge is 0.492 e. The molecule has 1 unspecified atom stereocenters. The number of halogens is 2. The zero-order valence-electron chi connectivity index (χ0n) is 55.7. The van der Waals surface area contributed by atoms with Gasteiger partial charge in [0.05, 0.1) is 57.9 Å². The number of aromatic nitrogens is 3. The standard InChI is InChI=1S/C9H13NO.C8H12N2O.C8H17NO.C6H15N.C6H14.C5H11F.2C5H12.C5H10.C4H9F.C4H10/c1-8(2)7-11-9-4-3-5-10-6-9;1-7(2)5-11-8-3-9-6-10-4-8;1-8(2)7-9-3-5-10-6-4-9;1-6(2)5-7(3)4;1-4-5-6(2)3;1-4(2)5(3)6;3*1-4-5(2)3;1-4(2)3-5;1-4(2)3/h3-6,8H,7H2,1-2H3;3-4,6-7H,5H2,1-2H3;8H,3-7H2,1-2H3;6H,5H2,1-4H3;6H,4-5H2,1-3H3;4-5H,1-3H3;2*5H,4H2,1-3H3;4-5H,1H2,2-3H3;4H,3H2,1-2H3;4H,1-3H3. The minimum Gasteiger partial charge on any atom is -0.492 e. The summed E-state index contributed by atoms with van der Waals surface area (Å²) < 4.78 is 38.9. The Morgan fingerprint density at radius 3 is 1.20 bits per heavy atom. The van der Waals surface area contributed by atoms with E-state index in [0.717, 1.165) is 79.9 Å². The van der Waals surface area contributed by atoms with Gasteiger partial charge in [0, 0.05) is 25.8 Å². The van der Waals surface area contributed by atoms with Crippen LogP contribution in [0.4, 0.5) is 8.78 Å². The summed E-state index contributed by atoms with van der Waals surface area (Å²) in [5, 5.41) is 0. The topological polar surface area (TPSA) is 72.8 Å². The first-order chi connectivity index (χ1) is 34.7. The molecule has 2 aromatic heterocycles. The highest BCUT2D eigenvalue weighted by Crippen LogP contribution is 2.08. The molecule has 3 heterocycles. The van der Waals surface area contributed by atoms with Gasteiger partial charge in [-0.25, -0.2) is 14.4 Å². The van der Waals surface area contributed by atoms with E-state index in [1.165, 1.54) is 45.1 Å². The van der Waals surface area contributed by atoms with Gasteiger partial charge in [-0.3, -0.25) is 14.3 Å². The molecule has 75 heavy (non-hydrogen) atoms. The van der Waals surface area contributed by atoms with Crippen LogP contribution in [0.3, 0.4) is 0 Å². The van der Waals surface area contributed by atoms with Gasteiger partial charge in [0.25, 0.3) is 0 Å². The molecule has 0 aliphatic carbocycles. The highest BCUT2D eigenvalue weighted by atomic mass is 19.1. The Kier molecular flexibility index (Phi) is 79.9. The Labute approximate surface area is 470 Å². The number of ether oxygens (including phenoxy) is 3. The molecule has 1 saturated heterocycles. The SMILES string of the molecule is C=CC(C)C.CC(C)C.CC(C)C(C)F.CC(C)CF.CC(C)CN(C)C.CC(C)CN1CCOCC1.CC(C)COc1cccnc1.CC(C)COc1cncnc1.CCC(C)C.CCC(C)C.CCCC(C)C. The molecule has 1 atom stereocenters. The van der Waals surface area contributed by atoms with Gasteiger partial charge in [-0.05, 0) is 105 Å². The molecule has 10 heteroatoms. The number of allylic oxidation sites excluding steroid dienone is 1. The quantitative estimate of drug-likeness (QED) is 0.145. The van der Waals surface area contributed by atoms with Crippen LogP contribution in [0, 0.1) is 65.1 Å². The first kappa shape index (κ1) is 88.9. The van der Waals surface area contributed by atoms with E-state index in [1.807, 2.05) is 45.9 Å². The Hall–Kier alpha value is -2.69. The molecule has 0 amide bonds. The summed E-state index contributed by atoms with van der Waals surface area (Å²) >= 11 is 0. The smallest absolute Gasteiger partial charge is 0.155 e. The lowest BCUT2D eigenvalue weighted by Crippen LogP contribution is -2.38. The molecule has 1 aliphatic heterocycles. The van der Waals surface area contributed by atoms with E-state index >= 15 is 0 Å². The third kappa shape index (κ3) is 116. The van der Waals surface area contributed by atoms with Crippen molar-refractivity contribution in [2.24, 2.45) is 65.1 Å². The molecule has 3 rings (SSSR count). The minimum absolute atomic E-state index is 0.185. The predicted octanol–water partition coefficient (Wildman–Crippen LogP) is 19.5. The van der Waals surface area contributed by atoms with E-state index in [1.54, 1.807) is 31.7 Å². The van der Waals surface area contributed by atoms with E-state index in [2.05, 4.69) is 198 Å². The summed E-state index contributed by atoms with van der Waals surface area (Å²) in [6.07, 6.45) is 14.9. The number of hydrogen-bond donors (Lipinski definition) is 0. The number of morpholine rings is 1. The van der Waals surface area contributed by atoms with Crippen molar-refractivity contribution in [1.82, 2.24) is 24.8 Å². The molecule has 0 saturated carbocycles. The molecule has 0 spiro atoms. The zero-order chi connectivity index (χ0) is 60.3. The summed E-state index contributed by atoms with van der Waals surface area (Å²) in [6.45, 7) is 68.5. The number of hydrogen-bond acceptors (Lipinski definition) is 8. The van der Waals surface area contributed by atoms with Crippen LogP contribution in [0.15, 0.2) is 55.9 Å². The van der Waals surface area contributed by atoms with E-state index in [4.69, 9.17) is 14.2 Å². The van der Waals surface area contributed by atoms with E-state index in [0.29, 0.717) is 24.4 Å². The first-order valence-corrected chi connectivity index (χ1v) is 29.4. The second-order valence-corrected chi connectivity index (χ2v) is 24.1. The van der Waals surface area contributed by atoms with Gasteiger partial charge in [0.1, 0.15) is 12.1 Å². The van der Waals surface area contributed by atoms with Crippen molar-refractivity contribution in [3.63, 3.8) is 0 Å². The average molecular weight is 1070 g/mol. The Morgan fingerprint density at radius 2 is 0.987 bits per heavy atom. The normalized spacial score (nSPS) is 11.9. The molecule has 1 aliphatic rings. The monoisotopic (exact) mass is 1070 g/mol. The molecule has 0 N–H and O–H groups in total. The van der Waals surface area contributed by atoms with Crippen molar-refractivity contribution in [3.05, 3.63) is 55.9 Å². The second kappa shape index (κ2) is 67.4. The molecule has 452 valence electrons. The van der Waals surface area contributed by atoms with Crippen LogP contribution in [0.5, 0.6) is 11.5 Å². The molecule has 0 bridgehead atoms. The van der Waals surface area contributed by atoms with Crippen LogP contribution in [0.2, 0.25) is 0 Å².